The minimum absolute atomic E-state index is 0.000952. The second-order valence-corrected chi connectivity index (χ2v) is 6.32. The molecule has 2 heterocycles. The third-order valence-corrected chi connectivity index (χ3v) is 4.84. The van der Waals surface area contributed by atoms with E-state index >= 15 is 0 Å². The van der Waals surface area contributed by atoms with Crippen molar-refractivity contribution in [3.05, 3.63) is 47.5 Å². The van der Waals surface area contributed by atoms with Gasteiger partial charge in [0.05, 0.1) is 6.04 Å². The van der Waals surface area contributed by atoms with Crippen LogP contribution >= 0.6 is 0 Å². The van der Waals surface area contributed by atoms with Crippen molar-refractivity contribution in [2.45, 2.75) is 50.7 Å². The van der Waals surface area contributed by atoms with Gasteiger partial charge >= 0.3 is 0 Å². The Balaban J connectivity index is 1.61. The predicted octanol–water partition coefficient (Wildman–Crippen LogP) is 4.01. The fraction of sp³-hybridized carbons (Fsp3) is 0.529. The van der Waals surface area contributed by atoms with Crippen molar-refractivity contribution < 1.29 is 4.39 Å². The molecule has 0 spiro atoms. The lowest BCUT2D eigenvalue weighted by atomic mass is 10.0. The van der Waals surface area contributed by atoms with Gasteiger partial charge in [0.15, 0.2) is 17.8 Å². The van der Waals surface area contributed by atoms with Crippen LogP contribution in [-0.2, 0) is 6.42 Å². The fourth-order valence-corrected chi connectivity index (χ4v) is 3.74. The molecule has 4 heteroatoms. The van der Waals surface area contributed by atoms with E-state index in [1.54, 1.807) is 0 Å². The van der Waals surface area contributed by atoms with Crippen molar-refractivity contribution >= 4 is 0 Å². The van der Waals surface area contributed by atoms with Crippen molar-refractivity contribution in [3.63, 3.8) is 0 Å². The highest BCUT2D eigenvalue weighted by atomic mass is 19.1. The summed E-state index contributed by atoms with van der Waals surface area (Å²) in [5.74, 6) is 2.05. The van der Waals surface area contributed by atoms with Crippen molar-refractivity contribution in [2.24, 2.45) is 5.92 Å². The maximum atomic E-state index is 14.3. The lowest BCUT2D eigenvalue weighted by Gasteiger charge is -2.11. The highest BCUT2D eigenvalue weighted by Crippen LogP contribution is 2.39. The molecule has 2 unspecified atom stereocenters. The van der Waals surface area contributed by atoms with Crippen LogP contribution in [0.5, 0.6) is 0 Å². The predicted molar refractivity (Wildman–Crippen MR) is 78.7 cm³/mol. The third kappa shape index (κ3) is 2.37. The first kappa shape index (κ1) is 13.0. The topological polar surface area (TPSA) is 30.7 Å². The first-order valence-electron chi connectivity index (χ1n) is 7.95. The van der Waals surface area contributed by atoms with Crippen LogP contribution < -0.4 is 0 Å². The van der Waals surface area contributed by atoms with Crippen molar-refractivity contribution in [2.75, 3.05) is 0 Å². The van der Waals surface area contributed by atoms with E-state index in [2.05, 4.69) is 10.1 Å². The van der Waals surface area contributed by atoms with Crippen LogP contribution in [0.25, 0.3) is 0 Å². The molecule has 3 nitrogen and oxygen atoms in total. The molecule has 1 fully saturated rings. The monoisotopic (exact) mass is 285 g/mol. The van der Waals surface area contributed by atoms with E-state index in [0.717, 1.165) is 17.8 Å². The summed E-state index contributed by atoms with van der Waals surface area (Å²) in [7, 11) is 0. The van der Waals surface area contributed by atoms with Gasteiger partial charge in [0.1, 0.15) is 0 Å². The highest BCUT2D eigenvalue weighted by molar-refractivity contribution is 5.23. The number of benzene rings is 1. The Morgan fingerprint density at radius 2 is 1.90 bits per heavy atom. The van der Waals surface area contributed by atoms with E-state index in [0.29, 0.717) is 18.2 Å². The molecule has 0 radical (unpaired) electrons. The summed E-state index contributed by atoms with van der Waals surface area (Å²) >= 11 is 0. The van der Waals surface area contributed by atoms with Crippen LogP contribution in [0.4, 0.5) is 4.39 Å². The smallest absolute Gasteiger partial charge is 0.162 e. The summed E-state index contributed by atoms with van der Waals surface area (Å²) in [4.78, 5) is 4.49. The molecule has 0 amide bonds. The third-order valence-electron chi connectivity index (χ3n) is 4.84. The van der Waals surface area contributed by atoms with Gasteiger partial charge in [-0.1, -0.05) is 56.0 Å². The van der Waals surface area contributed by atoms with Crippen molar-refractivity contribution in [3.8, 4) is 0 Å². The molecular weight excluding hydrogens is 265 g/mol. The largest absolute Gasteiger partial charge is 0.239 e. The number of hydrogen-bond acceptors (Lipinski definition) is 2. The van der Waals surface area contributed by atoms with Gasteiger partial charge in [0, 0.05) is 12.8 Å². The van der Waals surface area contributed by atoms with Gasteiger partial charge in [-0.3, -0.25) is 0 Å². The zero-order valence-electron chi connectivity index (χ0n) is 12.1. The number of nitrogens with zero attached hydrogens (tertiary/aromatic N) is 3. The van der Waals surface area contributed by atoms with E-state index in [9.17, 15) is 4.39 Å². The number of rotatable bonds is 3. The molecular formula is C17H20FN3. The molecule has 4 rings (SSSR count). The Hall–Kier alpha value is -1.71. The molecule has 1 aromatic carbocycles. The van der Waals surface area contributed by atoms with Crippen LogP contribution in [0, 0.1) is 5.92 Å². The molecule has 1 aliphatic heterocycles. The molecule has 0 saturated heterocycles. The van der Waals surface area contributed by atoms with Crippen molar-refractivity contribution in [1.82, 2.24) is 14.8 Å². The van der Waals surface area contributed by atoms with Gasteiger partial charge in [-0.2, -0.15) is 5.10 Å². The summed E-state index contributed by atoms with van der Waals surface area (Å²) in [6, 6.07) is 10.1. The lowest BCUT2D eigenvalue weighted by Crippen LogP contribution is -2.08. The molecule has 0 bridgehead atoms. The SMILES string of the molecule is FC1CC(c2ccccc2)n2nc(CC3CCCC3)nc21. The normalized spacial score (nSPS) is 25.4. The minimum Gasteiger partial charge on any atom is -0.239 e. The molecule has 0 N–H and O–H groups in total. The first-order chi connectivity index (χ1) is 10.3. The van der Waals surface area contributed by atoms with Crippen LogP contribution in [0.2, 0.25) is 0 Å². The molecule has 1 aromatic heterocycles. The Bertz CT molecular complexity index is 616. The molecule has 1 saturated carbocycles. The number of fused-ring (bicyclic) bond motifs is 1. The molecule has 2 aromatic rings. The summed E-state index contributed by atoms with van der Waals surface area (Å²) in [5, 5.41) is 4.63. The van der Waals surface area contributed by atoms with E-state index in [1.165, 1.54) is 25.7 Å². The Kier molecular flexibility index (Phi) is 3.24. The van der Waals surface area contributed by atoms with Gasteiger partial charge in [0.25, 0.3) is 0 Å². The lowest BCUT2D eigenvalue weighted by molar-refractivity contribution is 0.327. The Labute approximate surface area is 124 Å². The average molecular weight is 285 g/mol. The maximum absolute atomic E-state index is 14.3. The zero-order valence-corrected chi connectivity index (χ0v) is 12.1. The average Bonchev–Trinajstić information content (AvgIpc) is 3.20. The van der Waals surface area contributed by atoms with Crippen LogP contribution in [0.3, 0.4) is 0 Å². The van der Waals surface area contributed by atoms with Gasteiger partial charge in [-0.05, 0) is 11.5 Å². The zero-order chi connectivity index (χ0) is 14.2. The minimum atomic E-state index is -0.986. The van der Waals surface area contributed by atoms with Crippen LogP contribution in [-0.4, -0.2) is 14.8 Å². The van der Waals surface area contributed by atoms with Gasteiger partial charge in [0.2, 0.25) is 0 Å². The van der Waals surface area contributed by atoms with Crippen LogP contribution in [0.15, 0.2) is 30.3 Å². The van der Waals surface area contributed by atoms with Gasteiger partial charge in [-0.25, -0.2) is 14.1 Å². The summed E-state index contributed by atoms with van der Waals surface area (Å²) in [6.07, 6.45) is 5.56. The molecule has 110 valence electrons. The maximum Gasteiger partial charge on any atom is 0.162 e. The Morgan fingerprint density at radius 3 is 2.67 bits per heavy atom. The number of aromatic nitrogens is 3. The molecule has 2 aliphatic rings. The van der Waals surface area contributed by atoms with E-state index in [1.807, 2.05) is 35.0 Å². The van der Waals surface area contributed by atoms with E-state index in [-0.39, 0.29) is 6.04 Å². The fourth-order valence-electron chi connectivity index (χ4n) is 3.74. The standard InChI is InChI=1S/C17H20FN3/c18-14-11-15(13-8-2-1-3-9-13)21-17(14)19-16(20-21)10-12-6-4-5-7-12/h1-3,8-9,12,14-15H,4-7,10-11H2. The number of hydrogen-bond donors (Lipinski definition) is 0. The van der Waals surface area contributed by atoms with Crippen molar-refractivity contribution in [1.29, 1.82) is 0 Å². The van der Waals surface area contributed by atoms with Crippen LogP contribution in [0.1, 0.15) is 61.5 Å². The summed E-state index contributed by atoms with van der Waals surface area (Å²) in [6.45, 7) is 0. The number of halogens is 1. The summed E-state index contributed by atoms with van der Waals surface area (Å²) in [5.41, 5.74) is 1.12. The molecule has 21 heavy (non-hydrogen) atoms. The highest BCUT2D eigenvalue weighted by Gasteiger charge is 2.35. The van der Waals surface area contributed by atoms with E-state index < -0.39 is 6.17 Å². The Morgan fingerprint density at radius 1 is 1.14 bits per heavy atom. The first-order valence-corrected chi connectivity index (χ1v) is 7.95. The quantitative estimate of drug-likeness (QED) is 0.853. The number of alkyl halides is 1. The second kappa shape index (κ2) is 5.24. The second-order valence-electron chi connectivity index (χ2n) is 6.32. The molecule has 2 atom stereocenters. The van der Waals surface area contributed by atoms with Gasteiger partial charge < -0.3 is 0 Å². The van der Waals surface area contributed by atoms with Gasteiger partial charge in [-0.15, -0.1) is 0 Å². The molecule has 1 aliphatic carbocycles. The van der Waals surface area contributed by atoms with E-state index in [4.69, 9.17) is 0 Å². The summed E-state index contributed by atoms with van der Waals surface area (Å²) < 4.78 is 16.1.